The fraction of sp³-hybridized carbons (Fsp3) is 0.364. The van der Waals surface area contributed by atoms with Gasteiger partial charge in [0.25, 0.3) is 0 Å². The fourth-order valence-electron chi connectivity index (χ4n) is 4.06. The fourth-order valence-corrected chi connectivity index (χ4v) is 5.60. The molecule has 0 aliphatic carbocycles. The Balaban J connectivity index is 1.50. The van der Waals surface area contributed by atoms with Gasteiger partial charge in [-0.1, -0.05) is 0 Å². The minimum Gasteiger partial charge on any atom is -0.506 e. The molecule has 0 bridgehead atoms. The number of anilines is 1. The molecule has 3 aromatic rings. The lowest BCUT2D eigenvalue weighted by molar-refractivity contribution is -0.116. The largest absolute Gasteiger partial charge is 0.506 e. The van der Waals surface area contributed by atoms with E-state index in [4.69, 9.17) is 0 Å². The molecule has 1 amide bonds. The van der Waals surface area contributed by atoms with Crippen LogP contribution < -0.4 is 5.32 Å². The Morgan fingerprint density at radius 3 is 2.70 bits per heavy atom. The maximum atomic E-state index is 12.8. The monoisotopic (exact) mass is 468 g/mol. The third kappa shape index (κ3) is 4.27. The first-order valence-corrected chi connectivity index (χ1v) is 12.0. The average molecular weight is 469 g/mol. The van der Waals surface area contributed by atoms with Gasteiger partial charge in [-0.25, -0.2) is 17.9 Å². The first kappa shape index (κ1) is 22.7. The van der Waals surface area contributed by atoms with Crippen molar-refractivity contribution in [3.63, 3.8) is 0 Å². The Morgan fingerprint density at radius 1 is 1.27 bits per heavy atom. The van der Waals surface area contributed by atoms with Gasteiger partial charge >= 0.3 is 0 Å². The van der Waals surface area contributed by atoms with E-state index >= 15 is 0 Å². The summed E-state index contributed by atoms with van der Waals surface area (Å²) in [6.07, 6.45) is 3.54. The van der Waals surface area contributed by atoms with Crippen LogP contribution in [0.2, 0.25) is 0 Å². The van der Waals surface area contributed by atoms with Crippen LogP contribution in [0.3, 0.4) is 0 Å². The van der Waals surface area contributed by atoms with Crippen molar-refractivity contribution in [3.05, 3.63) is 46.9 Å². The number of hydrogen-bond donors (Lipinski definition) is 2. The highest BCUT2D eigenvalue weighted by Crippen LogP contribution is 2.29. The number of nitrogens with zero attached hydrogens (tertiary/aromatic N) is 5. The number of hydrogen-bond acceptors (Lipinski definition) is 7. The summed E-state index contributed by atoms with van der Waals surface area (Å²) in [5.74, 6) is -0.585. The predicted molar refractivity (Wildman–Crippen MR) is 120 cm³/mol. The second-order valence-electron chi connectivity index (χ2n) is 8.00. The summed E-state index contributed by atoms with van der Waals surface area (Å²) in [6, 6.07) is 5.96. The highest BCUT2D eigenvalue weighted by molar-refractivity contribution is 7.89. The van der Waals surface area contributed by atoms with Gasteiger partial charge < -0.3 is 10.4 Å². The standard InChI is InChI=1S/C22H24N6O4S/c1-14-18(15(2)28-22(25-14)16(12-23)13-24-28)6-8-21(30)26-19-11-17(5-7-20(19)29)33(31,32)27-9-3-4-10-27/h5,7,11,13,29H,3-4,6,8-10H2,1-2H3,(H,26,30). The second kappa shape index (κ2) is 8.80. The van der Waals surface area contributed by atoms with Crippen molar-refractivity contribution < 1.29 is 18.3 Å². The van der Waals surface area contributed by atoms with E-state index in [-0.39, 0.29) is 28.7 Å². The third-order valence-corrected chi connectivity index (χ3v) is 7.77. The van der Waals surface area contributed by atoms with Crippen molar-refractivity contribution in [1.82, 2.24) is 18.9 Å². The molecule has 4 rings (SSSR count). The lowest BCUT2D eigenvalue weighted by Crippen LogP contribution is -2.28. The molecule has 0 saturated carbocycles. The van der Waals surface area contributed by atoms with Gasteiger partial charge in [-0.3, -0.25) is 4.79 Å². The van der Waals surface area contributed by atoms with Crippen molar-refractivity contribution in [2.75, 3.05) is 18.4 Å². The lowest BCUT2D eigenvalue weighted by Gasteiger charge is -2.17. The Labute approximate surface area is 191 Å². The van der Waals surface area contributed by atoms with Crippen LogP contribution in [0.5, 0.6) is 5.75 Å². The van der Waals surface area contributed by atoms with Gasteiger partial charge in [-0.2, -0.15) is 14.7 Å². The summed E-state index contributed by atoms with van der Waals surface area (Å²) in [5.41, 5.74) is 3.22. The topological polar surface area (TPSA) is 141 Å². The normalized spacial score (nSPS) is 14.5. The van der Waals surface area contributed by atoms with Gasteiger partial charge in [-0.15, -0.1) is 0 Å². The number of phenols is 1. The number of nitrogens with one attached hydrogen (secondary N) is 1. The van der Waals surface area contributed by atoms with E-state index in [1.54, 1.807) is 4.52 Å². The van der Waals surface area contributed by atoms with Gasteiger partial charge in [0, 0.05) is 30.9 Å². The molecule has 1 aliphatic rings. The number of benzene rings is 1. The Hall–Kier alpha value is -3.49. The minimum absolute atomic E-state index is 0.0332. The average Bonchev–Trinajstić information content (AvgIpc) is 3.45. The van der Waals surface area contributed by atoms with E-state index in [1.807, 2.05) is 13.8 Å². The summed E-state index contributed by atoms with van der Waals surface area (Å²) in [7, 11) is -3.67. The molecule has 1 saturated heterocycles. The number of sulfonamides is 1. The molecule has 1 fully saturated rings. The van der Waals surface area contributed by atoms with Gasteiger partial charge in [0.15, 0.2) is 5.65 Å². The minimum atomic E-state index is -3.67. The molecule has 0 atom stereocenters. The van der Waals surface area contributed by atoms with Gasteiger partial charge in [0.05, 0.1) is 16.8 Å². The molecule has 3 heterocycles. The van der Waals surface area contributed by atoms with E-state index in [1.165, 1.54) is 28.7 Å². The number of aromatic hydroxyl groups is 1. The molecule has 2 aromatic heterocycles. The van der Waals surface area contributed by atoms with E-state index < -0.39 is 10.0 Å². The summed E-state index contributed by atoms with van der Waals surface area (Å²) in [6.45, 7) is 4.59. The molecular weight excluding hydrogens is 444 g/mol. The summed E-state index contributed by atoms with van der Waals surface area (Å²) in [5, 5.41) is 26.2. The zero-order chi connectivity index (χ0) is 23.8. The Kier molecular flexibility index (Phi) is 6.05. The number of fused-ring (bicyclic) bond motifs is 1. The van der Waals surface area contributed by atoms with E-state index in [0.29, 0.717) is 36.4 Å². The van der Waals surface area contributed by atoms with E-state index in [9.17, 15) is 23.6 Å². The highest BCUT2D eigenvalue weighted by atomic mass is 32.2. The van der Waals surface area contributed by atoms with Crippen LogP contribution in [-0.4, -0.2) is 51.4 Å². The van der Waals surface area contributed by atoms with Crippen molar-refractivity contribution in [2.24, 2.45) is 0 Å². The van der Waals surface area contributed by atoms with Crippen LogP contribution in [0.15, 0.2) is 29.3 Å². The van der Waals surface area contributed by atoms with Crippen molar-refractivity contribution in [3.8, 4) is 11.8 Å². The molecule has 2 N–H and O–H groups in total. The first-order valence-electron chi connectivity index (χ1n) is 10.6. The second-order valence-corrected chi connectivity index (χ2v) is 9.94. The van der Waals surface area contributed by atoms with Gasteiger partial charge in [-0.05, 0) is 56.9 Å². The number of aryl methyl sites for hydroxylation is 2. The molecule has 0 unspecified atom stereocenters. The van der Waals surface area contributed by atoms with Crippen LogP contribution in [0.1, 0.15) is 41.8 Å². The maximum Gasteiger partial charge on any atom is 0.243 e. The molecule has 10 nitrogen and oxygen atoms in total. The van der Waals surface area contributed by atoms with Crippen LogP contribution >= 0.6 is 0 Å². The molecule has 1 aromatic carbocycles. The smallest absolute Gasteiger partial charge is 0.243 e. The quantitative estimate of drug-likeness (QED) is 0.529. The third-order valence-electron chi connectivity index (χ3n) is 5.88. The van der Waals surface area contributed by atoms with Crippen molar-refractivity contribution >= 4 is 27.3 Å². The van der Waals surface area contributed by atoms with Crippen LogP contribution in [0.25, 0.3) is 5.65 Å². The highest BCUT2D eigenvalue weighted by Gasteiger charge is 2.28. The molecule has 1 aliphatic heterocycles. The number of rotatable bonds is 6. The molecule has 0 spiro atoms. The number of phenolic OH excluding ortho intramolecular Hbond substituents is 1. The molecule has 33 heavy (non-hydrogen) atoms. The Morgan fingerprint density at radius 2 is 2.00 bits per heavy atom. The Bertz CT molecular complexity index is 1380. The number of amides is 1. The molecule has 0 radical (unpaired) electrons. The van der Waals surface area contributed by atoms with Crippen LogP contribution in [0.4, 0.5) is 5.69 Å². The zero-order valence-electron chi connectivity index (χ0n) is 18.4. The van der Waals surface area contributed by atoms with Crippen molar-refractivity contribution in [2.45, 2.75) is 44.4 Å². The van der Waals surface area contributed by atoms with E-state index in [2.05, 4.69) is 21.5 Å². The summed E-state index contributed by atoms with van der Waals surface area (Å²) >= 11 is 0. The molecule has 172 valence electrons. The number of aromatic nitrogens is 3. The lowest BCUT2D eigenvalue weighted by atomic mass is 10.1. The number of nitriles is 1. The van der Waals surface area contributed by atoms with Crippen molar-refractivity contribution in [1.29, 1.82) is 5.26 Å². The zero-order valence-corrected chi connectivity index (χ0v) is 19.2. The SMILES string of the molecule is Cc1nc2c(C#N)cnn2c(C)c1CCC(=O)Nc1cc(S(=O)(=O)N2CCCC2)ccc1O. The molecular formula is C22H24N6O4S. The van der Waals surface area contributed by atoms with Crippen LogP contribution in [-0.2, 0) is 21.2 Å². The van der Waals surface area contributed by atoms with E-state index in [0.717, 1.165) is 24.1 Å². The van der Waals surface area contributed by atoms with Gasteiger partial charge in [0.2, 0.25) is 15.9 Å². The molecule has 11 heteroatoms. The van der Waals surface area contributed by atoms with Gasteiger partial charge in [0.1, 0.15) is 17.4 Å². The number of carbonyl (C=O) groups excluding carboxylic acids is 1. The summed E-state index contributed by atoms with van der Waals surface area (Å²) in [4.78, 5) is 17.1. The maximum absolute atomic E-state index is 12.8. The van der Waals surface area contributed by atoms with Crippen LogP contribution in [0, 0.1) is 25.2 Å². The predicted octanol–water partition coefficient (Wildman–Crippen LogP) is 2.28. The number of carbonyl (C=O) groups is 1. The first-order chi connectivity index (χ1) is 15.7. The summed E-state index contributed by atoms with van der Waals surface area (Å²) < 4.78 is 28.6.